The summed E-state index contributed by atoms with van der Waals surface area (Å²) in [6.07, 6.45) is 3.20. The van der Waals surface area contributed by atoms with Crippen LogP contribution in [0.25, 0.3) is 0 Å². The van der Waals surface area contributed by atoms with Crippen LogP contribution in [0.5, 0.6) is 0 Å². The van der Waals surface area contributed by atoms with Gasteiger partial charge in [-0.1, -0.05) is 26.7 Å². The van der Waals surface area contributed by atoms with Crippen molar-refractivity contribution in [2.75, 3.05) is 0 Å². The topological polar surface area (TPSA) is 49.7 Å². The van der Waals surface area contributed by atoms with Crippen LogP contribution >= 0.6 is 0 Å². The second-order valence-corrected chi connectivity index (χ2v) is 6.07. The van der Waals surface area contributed by atoms with Crippen molar-refractivity contribution in [1.29, 1.82) is 0 Å². The van der Waals surface area contributed by atoms with Crippen LogP contribution in [0.3, 0.4) is 0 Å². The first kappa shape index (κ1) is 13.3. The van der Waals surface area contributed by atoms with E-state index in [-0.39, 0.29) is 0 Å². The van der Waals surface area contributed by atoms with E-state index in [1.807, 2.05) is 13.8 Å². The van der Waals surface area contributed by atoms with Gasteiger partial charge in [-0.2, -0.15) is 0 Å². The molecule has 2 unspecified atom stereocenters. The Bertz CT molecular complexity index is 112. The molecule has 13 heavy (non-hydrogen) atoms. The van der Waals surface area contributed by atoms with Crippen LogP contribution < -0.4 is 0 Å². The molecule has 0 amide bonds. The summed E-state index contributed by atoms with van der Waals surface area (Å²) >= 11 is 0. The lowest BCUT2D eigenvalue weighted by molar-refractivity contribution is 0.172. The maximum Gasteiger partial charge on any atom is 0.259 e. The maximum atomic E-state index is 9.64. The molecule has 0 saturated heterocycles. The molecular weight excluding hydrogens is 200 g/mol. The van der Waals surface area contributed by atoms with Crippen molar-refractivity contribution in [1.82, 2.24) is 0 Å². The molecule has 0 bridgehead atoms. The summed E-state index contributed by atoms with van der Waals surface area (Å²) in [4.78, 5) is 0. The predicted molar refractivity (Wildman–Crippen MR) is 54.4 cm³/mol. The molecule has 2 N–H and O–H groups in total. The fourth-order valence-electron chi connectivity index (χ4n) is 1.19. The van der Waals surface area contributed by atoms with E-state index in [0.717, 1.165) is 12.8 Å². The van der Waals surface area contributed by atoms with E-state index in [1.54, 1.807) is 0 Å². The Balaban J connectivity index is 3.98. The highest BCUT2D eigenvalue weighted by Gasteiger charge is 2.29. The highest BCUT2D eigenvalue weighted by atomic mass is 28.3. The SMILES string of the molecule is CCCC(O)[Si](O[Si])C(O)CCC. The largest absolute Gasteiger partial charge is 0.454 e. The summed E-state index contributed by atoms with van der Waals surface area (Å²) in [6.45, 7) is 4.01. The molecule has 3 nitrogen and oxygen atoms in total. The van der Waals surface area contributed by atoms with E-state index in [1.165, 1.54) is 0 Å². The fraction of sp³-hybridized carbons (Fsp3) is 1.00. The van der Waals surface area contributed by atoms with Crippen LogP contribution in [-0.2, 0) is 4.12 Å². The normalized spacial score (nSPS) is 16.2. The van der Waals surface area contributed by atoms with E-state index >= 15 is 0 Å². The molecule has 0 rings (SSSR count). The molecule has 0 saturated carbocycles. The van der Waals surface area contributed by atoms with Gasteiger partial charge in [0.1, 0.15) is 0 Å². The quantitative estimate of drug-likeness (QED) is 0.611. The minimum atomic E-state index is -1.54. The molecule has 76 valence electrons. The lowest BCUT2D eigenvalue weighted by Crippen LogP contribution is -2.44. The fourth-order valence-corrected chi connectivity index (χ4v) is 3.87. The van der Waals surface area contributed by atoms with Crippen LogP contribution in [0.1, 0.15) is 39.5 Å². The molecule has 2 atom stereocenters. The number of hydrogen-bond donors (Lipinski definition) is 2. The van der Waals surface area contributed by atoms with Gasteiger partial charge in [0.05, 0.1) is 11.5 Å². The van der Waals surface area contributed by atoms with E-state index in [2.05, 4.69) is 10.5 Å². The molecule has 4 radical (unpaired) electrons. The first-order chi connectivity index (χ1) is 6.17. The molecule has 0 aliphatic heterocycles. The molecule has 0 aromatic rings. The third kappa shape index (κ3) is 4.92. The van der Waals surface area contributed by atoms with Crippen LogP contribution in [-0.4, -0.2) is 41.2 Å². The third-order valence-corrected chi connectivity index (χ3v) is 4.73. The van der Waals surface area contributed by atoms with Gasteiger partial charge in [0.2, 0.25) is 10.5 Å². The van der Waals surface area contributed by atoms with Gasteiger partial charge in [-0.25, -0.2) is 0 Å². The standard InChI is InChI=1S/C8H18O3Si2/c1-3-5-7(9)13(11-12)8(10)6-4-2/h7-10H,3-6H2,1-2H3. The first-order valence-corrected chi connectivity index (χ1v) is 6.70. The average molecular weight is 218 g/mol. The van der Waals surface area contributed by atoms with Crippen molar-refractivity contribution in [3.8, 4) is 0 Å². The molecule has 0 aliphatic carbocycles. The molecule has 0 aromatic heterocycles. The molecule has 5 heteroatoms. The third-order valence-electron chi connectivity index (χ3n) is 1.90. The second kappa shape index (κ2) is 7.69. The minimum absolute atomic E-state index is 0.492. The lowest BCUT2D eigenvalue weighted by Gasteiger charge is -2.23. The smallest absolute Gasteiger partial charge is 0.259 e. The zero-order valence-corrected chi connectivity index (χ0v) is 10.3. The Morgan fingerprint density at radius 2 is 1.54 bits per heavy atom. The van der Waals surface area contributed by atoms with Gasteiger partial charge >= 0.3 is 0 Å². The van der Waals surface area contributed by atoms with Crippen LogP contribution in [0.4, 0.5) is 0 Å². The van der Waals surface area contributed by atoms with Gasteiger partial charge in [-0.3, -0.25) is 0 Å². The Kier molecular flexibility index (Phi) is 7.88. The summed E-state index contributed by atoms with van der Waals surface area (Å²) in [5, 5.41) is 19.3. The number of aliphatic hydroxyl groups is 2. The van der Waals surface area contributed by atoms with Gasteiger partial charge in [0.25, 0.3) is 9.04 Å². The molecule has 0 fully saturated rings. The molecule has 0 aliphatic rings. The van der Waals surface area contributed by atoms with Gasteiger partial charge in [0.15, 0.2) is 0 Å². The van der Waals surface area contributed by atoms with Crippen molar-refractivity contribution in [2.45, 2.75) is 51.0 Å². The van der Waals surface area contributed by atoms with Crippen molar-refractivity contribution in [3.63, 3.8) is 0 Å². The predicted octanol–water partition coefficient (Wildman–Crippen LogP) is 0.478. The summed E-state index contributed by atoms with van der Waals surface area (Å²) < 4.78 is 4.99. The molecule has 0 aromatic carbocycles. The van der Waals surface area contributed by atoms with Crippen molar-refractivity contribution in [3.05, 3.63) is 0 Å². The molecule has 0 heterocycles. The molecular formula is C8H18O3Si2. The van der Waals surface area contributed by atoms with Gasteiger partial charge in [-0.15, -0.1) is 0 Å². The summed E-state index contributed by atoms with van der Waals surface area (Å²) in [5.41, 5.74) is -0.983. The van der Waals surface area contributed by atoms with E-state index < -0.39 is 20.5 Å². The van der Waals surface area contributed by atoms with Gasteiger partial charge in [-0.05, 0) is 12.8 Å². The summed E-state index contributed by atoms with van der Waals surface area (Å²) in [6, 6.07) is 0. The summed E-state index contributed by atoms with van der Waals surface area (Å²) in [7, 11) is 1.39. The van der Waals surface area contributed by atoms with Crippen LogP contribution in [0, 0.1) is 0 Å². The van der Waals surface area contributed by atoms with E-state index in [9.17, 15) is 10.2 Å². The number of aliphatic hydroxyl groups excluding tert-OH is 2. The zero-order valence-electron chi connectivity index (χ0n) is 8.29. The Hall–Kier alpha value is 0.314. The minimum Gasteiger partial charge on any atom is -0.454 e. The van der Waals surface area contributed by atoms with Crippen LogP contribution in [0.15, 0.2) is 0 Å². The van der Waals surface area contributed by atoms with Gasteiger partial charge < -0.3 is 14.3 Å². The highest BCUT2D eigenvalue weighted by molar-refractivity contribution is 6.58. The Morgan fingerprint density at radius 3 is 1.77 bits per heavy atom. The zero-order chi connectivity index (χ0) is 10.3. The monoisotopic (exact) mass is 218 g/mol. The van der Waals surface area contributed by atoms with E-state index in [4.69, 9.17) is 4.12 Å². The van der Waals surface area contributed by atoms with Crippen LogP contribution in [0.2, 0.25) is 0 Å². The number of hydrogen-bond acceptors (Lipinski definition) is 3. The van der Waals surface area contributed by atoms with Gasteiger partial charge in [0, 0.05) is 0 Å². The Morgan fingerprint density at radius 1 is 1.15 bits per heavy atom. The van der Waals surface area contributed by atoms with E-state index in [0.29, 0.717) is 12.8 Å². The maximum absolute atomic E-state index is 9.64. The average Bonchev–Trinajstić information content (AvgIpc) is 2.06. The second-order valence-electron chi connectivity index (χ2n) is 3.11. The molecule has 0 spiro atoms. The van der Waals surface area contributed by atoms with Crippen molar-refractivity contribution >= 4 is 19.5 Å². The lowest BCUT2D eigenvalue weighted by atomic mass is 10.3. The van der Waals surface area contributed by atoms with Crippen molar-refractivity contribution < 1.29 is 14.3 Å². The number of rotatable bonds is 7. The highest BCUT2D eigenvalue weighted by Crippen LogP contribution is 2.09. The van der Waals surface area contributed by atoms with Crippen molar-refractivity contribution in [2.24, 2.45) is 0 Å². The first-order valence-electron chi connectivity index (χ1n) is 4.73. The Labute approximate surface area is 85.4 Å². The summed E-state index contributed by atoms with van der Waals surface area (Å²) in [5.74, 6) is 0.